The van der Waals surface area contributed by atoms with Crippen molar-refractivity contribution in [2.75, 3.05) is 6.61 Å². The van der Waals surface area contributed by atoms with Crippen LogP contribution in [0.2, 0.25) is 0 Å². The van der Waals surface area contributed by atoms with Gasteiger partial charge in [-0.15, -0.1) is 0 Å². The van der Waals surface area contributed by atoms with Gasteiger partial charge in [0.05, 0.1) is 17.7 Å². The van der Waals surface area contributed by atoms with Gasteiger partial charge in [-0.3, -0.25) is 0 Å². The van der Waals surface area contributed by atoms with E-state index in [1.807, 2.05) is 6.92 Å². The van der Waals surface area contributed by atoms with Crippen LogP contribution in [0.15, 0.2) is 54.6 Å². The van der Waals surface area contributed by atoms with Gasteiger partial charge in [-0.2, -0.15) is 8.78 Å². The smallest absolute Gasteiger partial charge is 0.427 e. The minimum atomic E-state index is -4.26. The van der Waals surface area contributed by atoms with Crippen LogP contribution < -0.4 is 9.47 Å². The van der Waals surface area contributed by atoms with Gasteiger partial charge in [-0.05, 0) is 49.2 Å². The summed E-state index contributed by atoms with van der Waals surface area (Å²) in [6.07, 6.45) is -6.25. The van der Waals surface area contributed by atoms with E-state index >= 15 is 4.39 Å². The van der Waals surface area contributed by atoms with Crippen LogP contribution in [0.4, 0.5) is 26.3 Å². The largest absolute Gasteiger partial charge is 0.494 e. The molecule has 2 nitrogen and oxygen atoms in total. The number of rotatable bonds is 9. The van der Waals surface area contributed by atoms with Gasteiger partial charge >= 0.3 is 6.11 Å². The van der Waals surface area contributed by atoms with E-state index < -0.39 is 40.9 Å². The lowest BCUT2D eigenvalue weighted by Gasteiger charge is -2.22. The molecule has 0 amide bonds. The topological polar surface area (TPSA) is 18.5 Å². The number of hydrogen-bond acceptors (Lipinski definition) is 2. The summed E-state index contributed by atoms with van der Waals surface area (Å²) in [5.74, 6) is -2.69. The minimum absolute atomic E-state index is 0.162. The highest BCUT2D eigenvalue weighted by Gasteiger charge is 2.41. The Morgan fingerprint density at radius 1 is 0.848 bits per heavy atom. The molecule has 0 aliphatic carbocycles. The molecule has 3 aromatic carbocycles. The quantitative estimate of drug-likeness (QED) is 0.296. The maximum absolute atomic E-state index is 15.0. The Balaban J connectivity index is 2.00. The molecule has 8 heteroatoms. The Kier molecular flexibility index (Phi) is 7.56. The van der Waals surface area contributed by atoms with Gasteiger partial charge in [0.15, 0.2) is 0 Å². The molecule has 0 aliphatic rings. The standard InChI is InChI=1S/C25H22F6O2/c1-3-5-15-6-8-16(9-7-15)33-25(30,31)20-13-12-19(23(27)22(20)24(28)29)18-11-10-17(32-4-2)14-21(18)26/h6-14,24H,3-5H2,1-2H3. The van der Waals surface area contributed by atoms with Gasteiger partial charge in [0.2, 0.25) is 0 Å². The van der Waals surface area contributed by atoms with Crippen LogP contribution in [0.1, 0.15) is 43.4 Å². The second-order valence-corrected chi connectivity index (χ2v) is 7.28. The van der Waals surface area contributed by atoms with Crippen molar-refractivity contribution in [3.05, 3.63) is 82.9 Å². The third-order valence-corrected chi connectivity index (χ3v) is 4.96. The Bertz CT molecular complexity index is 1100. The SMILES string of the molecule is CCCc1ccc(OC(F)(F)c2ccc(-c3ccc(OCC)cc3F)c(F)c2C(F)F)cc1. The van der Waals surface area contributed by atoms with E-state index in [4.69, 9.17) is 4.74 Å². The van der Waals surface area contributed by atoms with Crippen molar-refractivity contribution in [3.63, 3.8) is 0 Å². The van der Waals surface area contributed by atoms with E-state index in [1.165, 1.54) is 18.2 Å². The van der Waals surface area contributed by atoms with Gasteiger partial charge < -0.3 is 9.47 Å². The zero-order valence-corrected chi connectivity index (χ0v) is 18.0. The third-order valence-electron chi connectivity index (χ3n) is 4.96. The van der Waals surface area contributed by atoms with E-state index in [2.05, 4.69) is 4.74 Å². The molecule has 0 spiro atoms. The minimum Gasteiger partial charge on any atom is -0.494 e. The predicted molar refractivity (Wildman–Crippen MR) is 113 cm³/mol. The molecule has 0 saturated carbocycles. The maximum atomic E-state index is 15.0. The molecule has 0 radical (unpaired) electrons. The predicted octanol–water partition coefficient (Wildman–Crippen LogP) is 8.05. The average molecular weight is 468 g/mol. The highest BCUT2D eigenvalue weighted by atomic mass is 19.3. The second-order valence-electron chi connectivity index (χ2n) is 7.28. The summed E-state index contributed by atoms with van der Waals surface area (Å²) in [5, 5.41) is 0. The molecule has 0 aliphatic heterocycles. The van der Waals surface area contributed by atoms with Gasteiger partial charge in [0.1, 0.15) is 23.1 Å². The first-order chi connectivity index (χ1) is 15.7. The lowest BCUT2D eigenvalue weighted by atomic mass is 9.97. The molecule has 3 aromatic rings. The van der Waals surface area contributed by atoms with Crippen molar-refractivity contribution in [2.45, 2.75) is 39.2 Å². The zero-order chi connectivity index (χ0) is 24.2. The first-order valence-corrected chi connectivity index (χ1v) is 10.4. The second kappa shape index (κ2) is 10.2. The van der Waals surface area contributed by atoms with Crippen molar-refractivity contribution in [3.8, 4) is 22.6 Å². The number of hydrogen-bond donors (Lipinski definition) is 0. The van der Waals surface area contributed by atoms with Gasteiger partial charge in [0.25, 0.3) is 6.43 Å². The highest BCUT2D eigenvalue weighted by Crippen LogP contribution is 2.41. The summed E-state index contributed by atoms with van der Waals surface area (Å²) in [6.45, 7) is 3.90. The molecular formula is C25H22F6O2. The van der Waals surface area contributed by atoms with Crippen LogP contribution in [0.5, 0.6) is 11.5 Å². The molecule has 0 atom stereocenters. The number of halogens is 6. The zero-order valence-electron chi connectivity index (χ0n) is 18.0. The lowest BCUT2D eigenvalue weighted by Crippen LogP contribution is -2.24. The number of ether oxygens (including phenoxy) is 2. The molecule has 176 valence electrons. The molecule has 0 N–H and O–H groups in total. The van der Waals surface area contributed by atoms with Crippen LogP contribution in [0.3, 0.4) is 0 Å². The molecule has 3 rings (SSSR count). The van der Waals surface area contributed by atoms with E-state index in [0.29, 0.717) is 6.07 Å². The molecule has 0 aromatic heterocycles. The molecule has 0 unspecified atom stereocenters. The number of aryl methyl sites for hydroxylation is 1. The van der Waals surface area contributed by atoms with Crippen LogP contribution in [-0.4, -0.2) is 6.61 Å². The fourth-order valence-corrected chi connectivity index (χ4v) is 3.45. The summed E-state index contributed by atoms with van der Waals surface area (Å²) < 4.78 is 96.4. The van der Waals surface area contributed by atoms with Crippen LogP contribution in [-0.2, 0) is 12.5 Å². The highest BCUT2D eigenvalue weighted by molar-refractivity contribution is 5.67. The van der Waals surface area contributed by atoms with E-state index in [-0.39, 0.29) is 23.7 Å². The Morgan fingerprint density at radius 2 is 1.48 bits per heavy atom. The van der Waals surface area contributed by atoms with Crippen molar-refractivity contribution in [1.82, 2.24) is 0 Å². The van der Waals surface area contributed by atoms with E-state index in [1.54, 1.807) is 19.1 Å². The molecule has 0 fully saturated rings. The van der Waals surface area contributed by atoms with E-state index in [9.17, 15) is 22.0 Å². The van der Waals surface area contributed by atoms with Gasteiger partial charge in [-0.25, -0.2) is 17.6 Å². The normalized spacial score (nSPS) is 11.7. The molecule has 0 bridgehead atoms. The van der Waals surface area contributed by atoms with Gasteiger partial charge in [0, 0.05) is 17.2 Å². The summed E-state index contributed by atoms with van der Waals surface area (Å²) in [7, 11) is 0. The van der Waals surface area contributed by atoms with Crippen molar-refractivity contribution >= 4 is 0 Å². The molecule has 0 saturated heterocycles. The first kappa shape index (κ1) is 24.5. The number of alkyl halides is 4. The summed E-state index contributed by atoms with van der Waals surface area (Å²) in [4.78, 5) is 0. The van der Waals surface area contributed by atoms with Crippen molar-refractivity contribution in [1.29, 1.82) is 0 Å². The Labute approximate surface area is 187 Å². The van der Waals surface area contributed by atoms with E-state index in [0.717, 1.165) is 36.6 Å². The lowest BCUT2D eigenvalue weighted by molar-refractivity contribution is -0.187. The first-order valence-electron chi connectivity index (χ1n) is 10.4. The summed E-state index contributed by atoms with van der Waals surface area (Å²) in [6, 6.07) is 10.6. The Morgan fingerprint density at radius 3 is 2.06 bits per heavy atom. The third kappa shape index (κ3) is 5.43. The van der Waals surface area contributed by atoms with Crippen LogP contribution in [0.25, 0.3) is 11.1 Å². The molecule has 33 heavy (non-hydrogen) atoms. The maximum Gasteiger partial charge on any atom is 0.427 e. The van der Waals surface area contributed by atoms with Crippen molar-refractivity contribution in [2.24, 2.45) is 0 Å². The molecule has 0 heterocycles. The fraction of sp³-hybridized carbons (Fsp3) is 0.280. The number of benzene rings is 3. The Hall–Kier alpha value is -3.16. The average Bonchev–Trinajstić information content (AvgIpc) is 2.75. The summed E-state index contributed by atoms with van der Waals surface area (Å²) >= 11 is 0. The van der Waals surface area contributed by atoms with Crippen molar-refractivity contribution < 1.29 is 35.8 Å². The molecular weight excluding hydrogens is 446 g/mol. The van der Waals surface area contributed by atoms with Gasteiger partial charge in [-0.1, -0.05) is 31.5 Å². The van der Waals surface area contributed by atoms with Crippen LogP contribution in [0, 0.1) is 11.6 Å². The summed E-state index contributed by atoms with van der Waals surface area (Å²) in [5.41, 5.74) is -2.92. The van der Waals surface area contributed by atoms with Crippen LogP contribution >= 0.6 is 0 Å². The fourth-order valence-electron chi connectivity index (χ4n) is 3.45. The monoisotopic (exact) mass is 468 g/mol.